The molecule has 2 nitrogen and oxygen atoms in total. The van der Waals surface area contributed by atoms with E-state index in [2.05, 4.69) is 0 Å². The molecule has 1 aliphatic heterocycles. The van der Waals surface area contributed by atoms with Crippen molar-refractivity contribution in [3.8, 4) is 0 Å². The molecule has 0 aromatic heterocycles. The third-order valence-electron chi connectivity index (χ3n) is 3.75. The molecule has 0 aliphatic carbocycles. The molecule has 0 radical (unpaired) electrons. The van der Waals surface area contributed by atoms with Gasteiger partial charge in [-0.05, 0) is 23.8 Å². The highest BCUT2D eigenvalue weighted by molar-refractivity contribution is 8.93. The minimum absolute atomic E-state index is 0. The second kappa shape index (κ2) is 6.36. The lowest BCUT2D eigenvalue weighted by atomic mass is 10.1. The van der Waals surface area contributed by atoms with E-state index in [9.17, 15) is 26.3 Å². The minimum Gasteiger partial charge on any atom is -0.322 e. The van der Waals surface area contributed by atoms with Crippen LogP contribution in [0, 0.1) is 5.41 Å². The molecule has 0 unspecified atom stereocenters. The van der Waals surface area contributed by atoms with Crippen molar-refractivity contribution in [2.75, 3.05) is 4.90 Å². The summed E-state index contributed by atoms with van der Waals surface area (Å²) in [7, 11) is 0. The van der Waals surface area contributed by atoms with E-state index in [1.54, 1.807) is 24.3 Å². The summed E-state index contributed by atoms with van der Waals surface area (Å²) >= 11 is 0. The number of benzene rings is 2. The van der Waals surface area contributed by atoms with Gasteiger partial charge < -0.3 is 4.90 Å². The van der Waals surface area contributed by atoms with Gasteiger partial charge in [0.15, 0.2) is 0 Å². The minimum atomic E-state index is -4.91. The van der Waals surface area contributed by atoms with Crippen LogP contribution in [0.5, 0.6) is 0 Å². The number of amidine groups is 1. The quantitative estimate of drug-likeness (QED) is 0.588. The van der Waals surface area contributed by atoms with E-state index in [0.717, 1.165) is 4.90 Å². The van der Waals surface area contributed by atoms with Crippen LogP contribution in [0.25, 0.3) is 0 Å². The molecule has 1 aliphatic rings. The molecule has 134 valence electrons. The summed E-state index contributed by atoms with van der Waals surface area (Å²) in [5, 5.41) is 8.04. The fraction of sp³-hybridized carbons (Fsp3) is 0.188. The van der Waals surface area contributed by atoms with Gasteiger partial charge in [-0.1, -0.05) is 24.3 Å². The van der Waals surface area contributed by atoms with Crippen molar-refractivity contribution in [3.05, 3.63) is 64.7 Å². The molecule has 1 N–H and O–H groups in total. The van der Waals surface area contributed by atoms with Crippen molar-refractivity contribution < 1.29 is 26.3 Å². The number of rotatable bonds is 1. The Morgan fingerprint density at radius 2 is 1.36 bits per heavy atom. The normalized spacial score (nSPS) is 14.3. The zero-order valence-corrected chi connectivity index (χ0v) is 14.1. The van der Waals surface area contributed by atoms with Gasteiger partial charge in [0, 0.05) is 11.3 Å². The molecule has 2 aromatic rings. The fourth-order valence-electron chi connectivity index (χ4n) is 2.60. The third-order valence-corrected chi connectivity index (χ3v) is 3.75. The molecule has 0 amide bonds. The number of nitrogens with one attached hydrogen (secondary N) is 1. The second-order valence-electron chi connectivity index (χ2n) is 5.36. The van der Waals surface area contributed by atoms with Crippen LogP contribution in [0.3, 0.4) is 0 Å². The van der Waals surface area contributed by atoms with Crippen LogP contribution < -0.4 is 4.90 Å². The maximum atomic E-state index is 12.9. The van der Waals surface area contributed by atoms with Gasteiger partial charge >= 0.3 is 12.4 Å². The topological polar surface area (TPSA) is 27.1 Å². The average Bonchev–Trinajstić information content (AvgIpc) is 2.83. The van der Waals surface area contributed by atoms with Crippen molar-refractivity contribution in [2.45, 2.75) is 18.9 Å². The van der Waals surface area contributed by atoms with E-state index >= 15 is 0 Å². The summed E-state index contributed by atoms with van der Waals surface area (Å²) in [5.74, 6) is -0.127. The Morgan fingerprint density at radius 3 is 1.84 bits per heavy atom. The molecule has 0 saturated heterocycles. The van der Waals surface area contributed by atoms with E-state index < -0.39 is 23.5 Å². The van der Waals surface area contributed by atoms with E-state index in [-0.39, 0.29) is 41.1 Å². The summed E-state index contributed by atoms with van der Waals surface area (Å²) < 4.78 is 77.7. The Hall–Kier alpha value is -2.03. The van der Waals surface area contributed by atoms with Crippen LogP contribution in [-0.2, 0) is 18.9 Å². The number of fused-ring (bicyclic) bond motifs is 1. The number of alkyl halides is 6. The highest BCUT2D eigenvalue weighted by atomic mass is 79.9. The first kappa shape index (κ1) is 19.3. The van der Waals surface area contributed by atoms with E-state index in [1.165, 1.54) is 0 Å². The van der Waals surface area contributed by atoms with Gasteiger partial charge in [0.05, 0.1) is 17.7 Å². The lowest BCUT2D eigenvalue weighted by molar-refractivity contribution is -0.143. The molecule has 0 atom stereocenters. The van der Waals surface area contributed by atoms with Crippen molar-refractivity contribution in [1.82, 2.24) is 0 Å². The maximum Gasteiger partial charge on any atom is 0.416 e. The number of hydrogen-bond acceptors (Lipinski definition) is 1. The summed E-state index contributed by atoms with van der Waals surface area (Å²) in [4.78, 5) is 1.13. The van der Waals surface area contributed by atoms with Crippen LogP contribution in [0.15, 0.2) is 42.5 Å². The molecule has 25 heavy (non-hydrogen) atoms. The van der Waals surface area contributed by atoms with Crippen LogP contribution in [0.4, 0.5) is 32.0 Å². The van der Waals surface area contributed by atoms with Gasteiger partial charge in [0.2, 0.25) is 0 Å². The van der Waals surface area contributed by atoms with Crippen molar-refractivity contribution in [3.63, 3.8) is 0 Å². The Bertz CT molecular complexity index is 781. The van der Waals surface area contributed by atoms with Gasteiger partial charge in [-0.15, -0.1) is 17.0 Å². The average molecular weight is 425 g/mol. The first-order valence-corrected chi connectivity index (χ1v) is 6.81. The zero-order chi connectivity index (χ0) is 17.7. The highest BCUT2D eigenvalue weighted by Gasteiger charge is 2.38. The fourth-order valence-corrected chi connectivity index (χ4v) is 2.60. The molecule has 0 fully saturated rings. The molecule has 0 saturated carbocycles. The van der Waals surface area contributed by atoms with Crippen LogP contribution >= 0.6 is 17.0 Å². The van der Waals surface area contributed by atoms with Gasteiger partial charge in [-0.2, -0.15) is 26.3 Å². The van der Waals surface area contributed by atoms with Crippen molar-refractivity contribution >= 4 is 28.5 Å². The zero-order valence-electron chi connectivity index (χ0n) is 12.4. The Labute approximate surface area is 149 Å². The summed E-state index contributed by atoms with van der Waals surface area (Å²) in [6.45, 7) is 0.0492. The van der Waals surface area contributed by atoms with Gasteiger partial charge in [-0.25, -0.2) is 0 Å². The summed E-state index contributed by atoms with van der Waals surface area (Å²) in [6.07, 6.45) is -9.82. The summed E-state index contributed by atoms with van der Waals surface area (Å²) in [6, 6.07) is 7.99. The molecular formula is C16H11BrF6N2. The molecular weight excluding hydrogens is 414 g/mol. The monoisotopic (exact) mass is 424 g/mol. The van der Waals surface area contributed by atoms with E-state index in [4.69, 9.17) is 5.41 Å². The van der Waals surface area contributed by atoms with Gasteiger partial charge in [0.25, 0.3) is 0 Å². The standard InChI is InChI=1S/C16H10F6N2.BrH/c17-15(18,19)10-5-11(16(20,21)22)7-12(6-10)24-8-9-3-1-2-4-13(9)14(24)23;/h1-7,23H,8H2;1H. The van der Waals surface area contributed by atoms with E-state index in [1.807, 2.05) is 0 Å². The number of nitrogens with zero attached hydrogens (tertiary/aromatic N) is 1. The van der Waals surface area contributed by atoms with Crippen LogP contribution in [-0.4, -0.2) is 5.84 Å². The molecule has 9 heteroatoms. The lowest BCUT2D eigenvalue weighted by Gasteiger charge is -2.21. The lowest BCUT2D eigenvalue weighted by Crippen LogP contribution is -2.24. The molecule has 0 spiro atoms. The first-order valence-electron chi connectivity index (χ1n) is 6.81. The molecule has 2 aromatic carbocycles. The summed E-state index contributed by atoms with van der Waals surface area (Å²) in [5.41, 5.74) is -1.93. The predicted molar refractivity (Wildman–Crippen MR) is 86.2 cm³/mol. The third kappa shape index (κ3) is 3.65. The number of hydrogen-bond donors (Lipinski definition) is 1. The molecule has 3 rings (SSSR count). The largest absolute Gasteiger partial charge is 0.416 e. The number of anilines is 1. The van der Waals surface area contributed by atoms with Gasteiger partial charge in [0.1, 0.15) is 5.84 Å². The first-order chi connectivity index (χ1) is 11.1. The Kier molecular flexibility index (Phi) is 4.91. The van der Waals surface area contributed by atoms with Crippen LogP contribution in [0.1, 0.15) is 22.3 Å². The predicted octanol–water partition coefficient (Wildman–Crippen LogP) is 5.65. The van der Waals surface area contributed by atoms with Crippen molar-refractivity contribution in [2.24, 2.45) is 0 Å². The van der Waals surface area contributed by atoms with Crippen molar-refractivity contribution in [1.29, 1.82) is 5.41 Å². The Balaban J connectivity index is 0.00000225. The maximum absolute atomic E-state index is 12.9. The van der Waals surface area contributed by atoms with E-state index in [0.29, 0.717) is 23.3 Å². The highest BCUT2D eigenvalue weighted by Crippen LogP contribution is 2.39. The second-order valence-corrected chi connectivity index (χ2v) is 5.36. The Morgan fingerprint density at radius 1 is 0.840 bits per heavy atom. The smallest absolute Gasteiger partial charge is 0.322 e. The molecule has 0 bridgehead atoms. The van der Waals surface area contributed by atoms with Crippen LogP contribution in [0.2, 0.25) is 0 Å². The SMILES string of the molecule is Br.N=C1c2ccccc2CN1c1cc(C(F)(F)F)cc(C(F)(F)F)c1. The van der Waals surface area contributed by atoms with Gasteiger partial charge in [-0.3, -0.25) is 5.41 Å². The number of halogens is 7. The molecule has 1 heterocycles.